The minimum Gasteiger partial charge on any atom is -0.332 e. The van der Waals surface area contributed by atoms with E-state index in [1.165, 1.54) is 4.90 Å². The third-order valence-electron chi connectivity index (χ3n) is 3.21. The molecule has 1 fully saturated rings. The standard InChI is InChI=1S/C13H18N4O2/c1-3-16-9-17(8-12(16)18)13(19)15-7-11-10(2)5-4-6-14-11/h4-6H,3,7-9H2,1-2H3,(H,15,19). The topological polar surface area (TPSA) is 65.5 Å². The Kier molecular flexibility index (Phi) is 3.99. The first-order valence-corrected chi connectivity index (χ1v) is 6.33. The largest absolute Gasteiger partial charge is 0.332 e. The molecule has 0 atom stereocenters. The molecular weight excluding hydrogens is 244 g/mol. The highest BCUT2D eigenvalue weighted by Crippen LogP contribution is 2.07. The Morgan fingerprint density at radius 2 is 2.32 bits per heavy atom. The Morgan fingerprint density at radius 1 is 1.53 bits per heavy atom. The SMILES string of the molecule is CCN1CN(C(=O)NCc2ncccc2C)CC1=O. The number of rotatable bonds is 3. The summed E-state index contributed by atoms with van der Waals surface area (Å²) < 4.78 is 0. The third kappa shape index (κ3) is 3.01. The highest BCUT2D eigenvalue weighted by Gasteiger charge is 2.29. The summed E-state index contributed by atoms with van der Waals surface area (Å²) in [5, 5.41) is 2.79. The average Bonchev–Trinajstić information content (AvgIpc) is 2.79. The fourth-order valence-corrected chi connectivity index (χ4v) is 1.99. The molecular formula is C13H18N4O2. The maximum atomic E-state index is 11.9. The molecule has 6 heteroatoms. The minimum atomic E-state index is -0.227. The smallest absolute Gasteiger partial charge is 0.319 e. The second kappa shape index (κ2) is 5.69. The van der Waals surface area contributed by atoms with E-state index >= 15 is 0 Å². The summed E-state index contributed by atoms with van der Waals surface area (Å²) in [6, 6.07) is 3.58. The second-order valence-corrected chi connectivity index (χ2v) is 4.51. The molecule has 0 aromatic carbocycles. The van der Waals surface area contributed by atoms with Gasteiger partial charge >= 0.3 is 6.03 Å². The summed E-state index contributed by atoms with van der Waals surface area (Å²) in [5.41, 5.74) is 1.88. The second-order valence-electron chi connectivity index (χ2n) is 4.51. The summed E-state index contributed by atoms with van der Waals surface area (Å²) in [4.78, 5) is 30.8. The average molecular weight is 262 g/mol. The Balaban J connectivity index is 1.89. The number of carbonyl (C=O) groups is 2. The van der Waals surface area contributed by atoms with Crippen molar-refractivity contribution in [3.8, 4) is 0 Å². The molecule has 3 amide bonds. The molecule has 1 saturated heterocycles. The zero-order valence-corrected chi connectivity index (χ0v) is 11.2. The van der Waals surface area contributed by atoms with E-state index in [2.05, 4.69) is 10.3 Å². The van der Waals surface area contributed by atoms with E-state index in [-0.39, 0.29) is 18.5 Å². The summed E-state index contributed by atoms with van der Waals surface area (Å²) in [6.07, 6.45) is 1.70. The van der Waals surface area contributed by atoms with Crippen LogP contribution in [0, 0.1) is 6.92 Å². The van der Waals surface area contributed by atoms with Crippen LogP contribution in [0.25, 0.3) is 0 Å². The lowest BCUT2D eigenvalue weighted by atomic mass is 10.2. The van der Waals surface area contributed by atoms with Crippen molar-refractivity contribution < 1.29 is 9.59 Å². The molecule has 2 heterocycles. The summed E-state index contributed by atoms with van der Waals surface area (Å²) in [7, 11) is 0. The number of likely N-dealkylation sites (N-methyl/N-ethyl adjacent to an activating group) is 1. The number of hydrogen-bond acceptors (Lipinski definition) is 3. The summed E-state index contributed by atoms with van der Waals surface area (Å²) in [5.74, 6) is -0.00772. The van der Waals surface area contributed by atoms with Gasteiger partial charge in [0.1, 0.15) is 6.54 Å². The van der Waals surface area contributed by atoms with Gasteiger partial charge in [0.25, 0.3) is 0 Å². The van der Waals surface area contributed by atoms with Crippen LogP contribution in [-0.4, -0.2) is 46.5 Å². The highest BCUT2D eigenvalue weighted by atomic mass is 16.2. The van der Waals surface area contributed by atoms with Crippen molar-refractivity contribution in [1.82, 2.24) is 20.1 Å². The quantitative estimate of drug-likeness (QED) is 0.873. The van der Waals surface area contributed by atoms with Gasteiger partial charge in [-0.25, -0.2) is 4.79 Å². The van der Waals surface area contributed by atoms with Gasteiger partial charge in [0.2, 0.25) is 5.91 Å². The number of urea groups is 1. The molecule has 1 aromatic rings. The molecule has 1 aliphatic heterocycles. The van der Waals surface area contributed by atoms with Crippen LogP contribution in [0.1, 0.15) is 18.2 Å². The zero-order valence-electron chi connectivity index (χ0n) is 11.2. The van der Waals surface area contributed by atoms with Crippen LogP contribution in [0.5, 0.6) is 0 Å². The lowest BCUT2D eigenvalue weighted by Crippen LogP contribution is -2.39. The molecule has 0 unspecified atom stereocenters. The lowest BCUT2D eigenvalue weighted by Gasteiger charge is -2.17. The third-order valence-corrected chi connectivity index (χ3v) is 3.21. The van der Waals surface area contributed by atoms with Crippen molar-refractivity contribution in [2.45, 2.75) is 20.4 Å². The molecule has 2 rings (SSSR count). The van der Waals surface area contributed by atoms with Crippen molar-refractivity contribution in [2.75, 3.05) is 19.8 Å². The molecule has 1 N–H and O–H groups in total. The van der Waals surface area contributed by atoms with Crippen molar-refractivity contribution in [3.05, 3.63) is 29.6 Å². The number of nitrogens with zero attached hydrogens (tertiary/aromatic N) is 3. The molecule has 102 valence electrons. The number of aryl methyl sites for hydroxylation is 1. The minimum absolute atomic E-state index is 0.00772. The Morgan fingerprint density at radius 3 is 2.95 bits per heavy atom. The first kappa shape index (κ1) is 13.3. The normalized spacial score (nSPS) is 14.9. The number of nitrogens with one attached hydrogen (secondary N) is 1. The number of aromatic nitrogens is 1. The van der Waals surface area contributed by atoms with Crippen LogP contribution in [0.2, 0.25) is 0 Å². The monoisotopic (exact) mass is 262 g/mol. The predicted molar refractivity (Wildman–Crippen MR) is 70.2 cm³/mol. The lowest BCUT2D eigenvalue weighted by molar-refractivity contribution is -0.126. The van der Waals surface area contributed by atoms with Gasteiger partial charge in [0.05, 0.1) is 18.9 Å². The molecule has 1 aliphatic rings. The van der Waals surface area contributed by atoms with Gasteiger partial charge < -0.3 is 10.2 Å². The first-order valence-electron chi connectivity index (χ1n) is 6.33. The van der Waals surface area contributed by atoms with Crippen LogP contribution in [0.15, 0.2) is 18.3 Å². The first-order chi connectivity index (χ1) is 9.11. The van der Waals surface area contributed by atoms with Crippen molar-refractivity contribution in [1.29, 1.82) is 0 Å². The Hall–Kier alpha value is -2.11. The molecule has 6 nitrogen and oxygen atoms in total. The van der Waals surface area contributed by atoms with Gasteiger partial charge in [0.15, 0.2) is 0 Å². The zero-order chi connectivity index (χ0) is 13.8. The van der Waals surface area contributed by atoms with E-state index in [1.807, 2.05) is 26.0 Å². The van der Waals surface area contributed by atoms with E-state index < -0.39 is 0 Å². The Bertz CT molecular complexity index is 489. The van der Waals surface area contributed by atoms with Crippen molar-refractivity contribution in [2.24, 2.45) is 0 Å². The van der Waals surface area contributed by atoms with Gasteiger partial charge in [-0.1, -0.05) is 6.07 Å². The van der Waals surface area contributed by atoms with Gasteiger partial charge in [0, 0.05) is 12.7 Å². The van der Waals surface area contributed by atoms with Gasteiger partial charge in [-0.3, -0.25) is 14.7 Å². The molecule has 0 saturated carbocycles. The van der Waals surface area contributed by atoms with Crippen LogP contribution >= 0.6 is 0 Å². The van der Waals surface area contributed by atoms with E-state index in [4.69, 9.17) is 0 Å². The molecule has 0 radical (unpaired) electrons. The number of hydrogen-bond donors (Lipinski definition) is 1. The molecule has 1 aromatic heterocycles. The van der Waals surface area contributed by atoms with Crippen molar-refractivity contribution in [3.63, 3.8) is 0 Å². The van der Waals surface area contributed by atoms with E-state index in [0.717, 1.165) is 11.3 Å². The molecule has 0 aliphatic carbocycles. The number of carbonyl (C=O) groups excluding carboxylic acids is 2. The fraction of sp³-hybridized carbons (Fsp3) is 0.462. The van der Waals surface area contributed by atoms with E-state index in [0.29, 0.717) is 19.8 Å². The number of pyridine rings is 1. The molecule has 0 spiro atoms. The van der Waals surface area contributed by atoms with Gasteiger partial charge in [-0.2, -0.15) is 0 Å². The maximum absolute atomic E-state index is 11.9. The molecule has 19 heavy (non-hydrogen) atoms. The van der Waals surface area contributed by atoms with Gasteiger partial charge in [-0.05, 0) is 25.5 Å². The highest BCUT2D eigenvalue weighted by molar-refractivity contribution is 5.87. The van der Waals surface area contributed by atoms with E-state index in [9.17, 15) is 9.59 Å². The molecule has 0 bridgehead atoms. The van der Waals surface area contributed by atoms with Crippen molar-refractivity contribution >= 4 is 11.9 Å². The predicted octanol–water partition coefficient (Wildman–Crippen LogP) is 0.721. The van der Waals surface area contributed by atoms with Crippen LogP contribution in [-0.2, 0) is 11.3 Å². The van der Waals surface area contributed by atoms with Crippen LogP contribution in [0.4, 0.5) is 4.79 Å². The maximum Gasteiger partial charge on any atom is 0.319 e. The summed E-state index contributed by atoms with van der Waals surface area (Å²) >= 11 is 0. The fourth-order valence-electron chi connectivity index (χ4n) is 1.99. The van der Waals surface area contributed by atoms with Crippen LogP contribution < -0.4 is 5.32 Å². The Labute approximate surface area is 112 Å². The van der Waals surface area contributed by atoms with E-state index in [1.54, 1.807) is 11.1 Å². The van der Waals surface area contributed by atoms with Crippen LogP contribution in [0.3, 0.4) is 0 Å². The van der Waals surface area contributed by atoms with Gasteiger partial charge in [-0.15, -0.1) is 0 Å². The summed E-state index contributed by atoms with van der Waals surface area (Å²) in [6.45, 7) is 5.37. The number of amides is 3.